The number of hydrogen-bond acceptors (Lipinski definition) is 3. The second-order valence-corrected chi connectivity index (χ2v) is 7.11. The molecule has 1 heterocycles. The standard InChI is InChI=1S/C17H12Cl4N2O/c1-9-15(17(21)24)22-23(14-7-6-12(19)8-13(14)20)16(9)10-2-4-11(18)5-3-10/h2-9,16H,1H3. The van der Waals surface area contributed by atoms with E-state index in [0.717, 1.165) is 5.56 Å². The van der Waals surface area contributed by atoms with Crippen LogP contribution in [0.4, 0.5) is 5.69 Å². The number of halogens is 4. The minimum absolute atomic E-state index is 0.206. The molecule has 1 aliphatic heterocycles. The van der Waals surface area contributed by atoms with E-state index in [0.29, 0.717) is 26.5 Å². The molecule has 7 heteroatoms. The number of nitrogens with zero attached hydrogens (tertiary/aromatic N) is 2. The number of hydrazone groups is 1. The van der Waals surface area contributed by atoms with Crippen LogP contribution in [0.25, 0.3) is 0 Å². The van der Waals surface area contributed by atoms with Gasteiger partial charge in [0.05, 0.1) is 16.8 Å². The van der Waals surface area contributed by atoms with Crippen molar-refractivity contribution >= 4 is 63.0 Å². The zero-order valence-corrected chi connectivity index (χ0v) is 15.5. The maximum Gasteiger partial charge on any atom is 0.268 e. The molecule has 0 aliphatic carbocycles. The smallest absolute Gasteiger partial charge is 0.268 e. The van der Waals surface area contributed by atoms with Crippen molar-refractivity contribution in [1.29, 1.82) is 0 Å². The predicted octanol–water partition coefficient (Wildman–Crippen LogP) is 5.97. The summed E-state index contributed by atoms with van der Waals surface area (Å²) in [6.07, 6.45) is 0. The maximum atomic E-state index is 11.7. The Morgan fingerprint density at radius 3 is 2.25 bits per heavy atom. The van der Waals surface area contributed by atoms with Crippen LogP contribution in [-0.2, 0) is 4.79 Å². The summed E-state index contributed by atoms with van der Waals surface area (Å²) in [6, 6.07) is 12.3. The van der Waals surface area contributed by atoms with Crippen LogP contribution in [0.1, 0.15) is 18.5 Å². The maximum absolute atomic E-state index is 11.7. The first-order valence-corrected chi connectivity index (χ1v) is 8.67. The van der Waals surface area contributed by atoms with Gasteiger partial charge >= 0.3 is 0 Å². The van der Waals surface area contributed by atoms with Crippen molar-refractivity contribution in [1.82, 2.24) is 0 Å². The van der Waals surface area contributed by atoms with Gasteiger partial charge in [-0.3, -0.25) is 9.80 Å². The molecule has 2 aromatic carbocycles. The van der Waals surface area contributed by atoms with E-state index in [1.807, 2.05) is 19.1 Å². The second kappa shape index (κ2) is 6.93. The summed E-state index contributed by atoms with van der Waals surface area (Å²) in [6.45, 7) is 1.90. The SMILES string of the molecule is CC1C(C(=O)Cl)=NN(c2ccc(Cl)cc2Cl)C1c1ccc(Cl)cc1. The number of benzene rings is 2. The van der Waals surface area contributed by atoms with Gasteiger partial charge in [-0.05, 0) is 47.5 Å². The fourth-order valence-corrected chi connectivity index (χ4v) is 3.64. The van der Waals surface area contributed by atoms with Crippen molar-refractivity contribution in [2.24, 2.45) is 11.0 Å². The van der Waals surface area contributed by atoms with Gasteiger partial charge in [-0.15, -0.1) is 0 Å². The molecule has 2 unspecified atom stereocenters. The Labute approximate surface area is 159 Å². The topological polar surface area (TPSA) is 32.7 Å². The van der Waals surface area contributed by atoms with Crippen LogP contribution in [0.3, 0.4) is 0 Å². The van der Waals surface area contributed by atoms with Crippen LogP contribution in [-0.4, -0.2) is 11.0 Å². The lowest BCUT2D eigenvalue weighted by atomic mass is 9.92. The minimum Gasteiger partial charge on any atom is -0.274 e. The summed E-state index contributed by atoms with van der Waals surface area (Å²) in [5, 5.41) is 7.16. The zero-order chi connectivity index (χ0) is 17.4. The van der Waals surface area contributed by atoms with Crippen molar-refractivity contribution in [3.8, 4) is 0 Å². The Hall–Kier alpha value is -1.26. The van der Waals surface area contributed by atoms with Gasteiger partial charge < -0.3 is 0 Å². The third kappa shape index (κ3) is 3.27. The van der Waals surface area contributed by atoms with E-state index in [1.165, 1.54) is 0 Å². The van der Waals surface area contributed by atoms with Crippen LogP contribution in [0.2, 0.25) is 15.1 Å². The number of carbonyl (C=O) groups excluding carboxylic acids is 1. The Morgan fingerprint density at radius 2 is 1.67 bits per heavy atom. The van der Waals surface area contributed by atoms with Crippen molar-refractivity contribution in [2.75, 3.05) is 5.01 Å². The second-order valence-electron chi connectivity index (χ2n) is 5.48. The van der Waals surface area contributed by atoms with Gasteiger partial charge in [0.15, 0.2) is 0 Å². The number of carbonyl (C=O) groups is 1. The summed E-state index contributed by atoms with van der Waals surface area (Å²) in [5.74, 6) is -0.206. The average molecular weight is 402 g/mol. The lowest BCUT2D eigenvalue weighted by Gasteiger charge is -2.27. The van der Waals surface area contributed by atoms with Crippen LogP contribution in [0.15, 0.2) is 47.6 Å². The Balaban J connectivity index is 2.11. The Kier molecular flexibility index (Phi) is 5.07. The third-order valence-corrected chi connectivity index (χ3v) is 4.94. The molecule has 2 atom stereocenters. The molecule has 0 N–H and O–H groups in total. The van der Waals surface area contributed by atoms with Gasteiger partial charge in [0.2, 0.25) is 0 Å². The van der Waals surface area contributed by atoms with Crippen molar-refractivity contribution in [3.63, 3.8) is 0 Å². The van der Waals surface area contributed by atoms with Gasteiger partial charge in [-0.2, -0.15) is 5.10 Å². The minimum atomic E-state index is -0.575. The van der Waals surface area contributed by atoms with Crippen LogP contribution in [0.5, 0.6) is 0 Å². The third-order valence-electron chi connectivity index (χ3n) is 3.95. The zero-order valence-electron chi connectivity index (χ0n) is 12.5. The molecule has 0 radical (unpaired) electrons. The van der Waals surface area contributed by atoms with E-state index < -0.39 is 5.24 Å². The molecule has 24 heavy (non-hydrogen) atoms. The molecule has 0 bridgehead atoms. The van der Waals surface area contributed by atoms with Gasteiger partial charge in [0.25, 0.3) is 5.24 Å². The summed E-state index contributed by atoms with van der Waals surface area (Å²) >= 11 is 24.0. The largest absolute Gasteiger partial charge is 0.274 e. The Morgan fingerprint density at radius 1 is 1.04 bits per heavy atom. The molecule has 3 rings (SSSR count). The van der Waals surface area contributed by atoms with Crippen molar-refractivity contribution in [3.05, 3.63) is 63.1 Å². The van der Waals surface area contributed by atoms with E-state index >= 15 is 0 Å². The molecule has 0 fully saturated rings. The van der Waals surface area contributed by atoms with E-state index in [2.05, 4.69) is 5.10 Å². The molecule has 0 amide bonds. The lowest BCUT2D eigenvalue weighted by molar-refractivity contribution is -0.106. The van der Waals surface area contributed by atoms with Gasteiger partial charge in [0, 0.05) is 16.0 Å². The van der Waals surface area contributed by atoms with Gasteiger partial charge in [-0.25, -0.2) is 0 Å². The van der Waals surface area contributed by atoms with E-state index in [1.54, 1.807) is 35.3 Å². The molecule has 124 valence electrons. The van der Waals surface area contributed by atoms with E-state index in [4.69, 9.17) is 46.4 Å². The van der Waals surface area contributed by atoms with Crippen LogP contribution < -0.4 is 5.01 Å². The molecule has 0 saturated carbocycles. The molecule has 1 aliphatic rings. The normalized spacial score (nSPS) is 20.2. The predicted molar refractivity (Wildman–Crippen MR) is 101 cm³/mol. The lowest BCUT2D eigenvalue weighted by Crippen LogP contribution is -2.25. The first-order chi connectivity index (χ1) is 11.4. The summed E-state index contributed by atoms with van der Waals surface area (Å²) in [7, 11) is 0. The number of anilines is 1. The average Bonchev–Trinajstić information content (AvgIpc) is 2.86. The van der Waals surface area contributed by atoms with Crippen LogP contribution >= 0.6 is 46.4 Å². The molecular weight excluding hydrogens is 390 g/mol. The van der Waals surface area contributed by atoms with Gasteiger partial charge in [0.1, 0.15) is 5.71 Å². The quantitative estimate of drug-likeness (QED) is 0.593. The molecular formula is C17H12Cl4N2O. The van der Waals surface area contributed by atoms with E-state index in [9.17, 15) is 4.79 Å². The highest BCUT2D eigenvalue weighted by Crippen LogP contribution is 2.42. The van der Waals surface area contributed by atoms with E-state index in [-0.39, 0.29) is 12.0 Å². The monoisotopic (exact) mass is 400 g/mol. The molecule has 0 spiro atoms. The first-order valence-electron chi connectivity index (χ1n) is 7.16. The van der Waals surface area contributed by atoms with Crippen molar-refractivity contribution in [2.45, 2.75) is 13.0 Å². The van der Waals surface area contributed by atoms with Gasteiger partial charge in [-0.1, -0.05) is 53.9 Å². The summed E-state index contributed by atoms with van der Waals surface area (Å²) < 4.78 is 0. The van der Waals surface area contributed by atoms with Crippen molar-refractivity contribution < 1.29 is 4.79 Å². The summed E-state index contributed by atoms with van der Waals surface area (Å²) in [4.78, 5) is 11.7. The Bertz CT molecular complexity index is 820. The first kappa shape index (κ1) is 17.6. The molecule has 2 aromatic rings. The number of hydrogen-bond donors (Lipinski definition) is 0. The van der Waals surface area contributed by atoms with Crippen LogP contribution in [0, 0.1) is 5.92 Å². The summed E-state index contributed by atoms with van der Waals surface area (Å²) in [5.41, 5.74) is 1.90. The highest BCUT2D eigenvalue weighted by molar-refractivity contribution is 6.82. The number of rotatable bonds is 3. The molecule has 0 saturated heterocycles. The fourth-order valence-electron chi connectivity index (χ4n) is 2.81. The molecule has 3 nitrogen and oxygen atoms in total. The highest BCUT2D eigenvalue weighted by atomic mass is 35.5. The highest BCUT2D eigenvalue weighted by Gasteiger charge is 2.39. The molecule has 0 aromatic heterocycles. The fraction of sp³-hybridized carbons (Fsp3) is 0.176.